The van der Waals surface area contributed by atoms with Crippen LogP contribution in [0.4, 0.5) is 5.82 Å². The first-order valence-corrected chi connectivity index (χ1v) is 9.37. The number of rotatable bonds is 2. The number of hydrogen-bond donors (Lipinski definition) is 0. The Labute approximate surface area is 157 Å². The van der Waals surface area contributed by atoms with Crippen molar-refractivity contribution in [2.45, 2.75) is 25.8 Å². The lowest BCUT2D eigenvalue weighted by Gasteiger charge is -2.43. The molecule has 0 radical (unpaired) electrons. The average Bonchev–Trinajstić information content (AvgIpc) is 2.69. The zero-order valence-corrected chi connectivity index (χ0v) is 15.2. The summed E-state index contributed by atoms with van der Waals surface area (Å²) in [4.78, 5) is 28.1. The molecule has 3 aromatic heterocycles. The van der Waals surface area contributed by atoms with Crippen LogP contribution in [0.2, 0.25) is 0 Å². The number of pyridine rings is 2. The summed E-state index contributed by atoms with van der Waals surface area (Å²) in [6.45, 7) is 4.51. The summed E-state index contributed by atoms with van der Waals surface area (Å²) in [6, 6.07) is 9.80. The third-order valence-corrected chi connectivity index (χ3v) is 5.64. The van der Waals surface area contributed by atoms with Gasteiger partial charge in [0.2, 0.25) is 0 Å². The van der Waals surface area contributed by atoms with Gasteiger partial charge in [-0.05, 0) is 43.0 Å². The Bertz CT molecular complexity index is 1050. The standard InChI is InChI=1S/C21H21N5O/c1-14-23-6-4-20(24-14)25-11-15-7-18(13-25)19-8-17(9-21(27)26(19)12-15)16-3-2-5-22-10-16/h2-6,8-10,15,18H,7,11-13H2,1H3/t15-,18+/m0/s1. The molecular weight excluding hydrogens is 338 g/mol. The first-order valence-electron chi connectivity index (χ1n) is 9.37. The van der Waals surface area contributed by atoms with Gasteiger partial charge in [0.15, 0.2) is 0 Å². The fourth-order valence-corrected chi connectivity index (χ4v) is 4.47. The number of anilines is 1. The predicted octanol–water partition coefficient (Wildman–Crippen LogP) is 2.63. The smallest absolute Gasteiger partial charge is 0.251 e. The summed E-state index contributed by atoms with van der Waals surface area (Å²) >= 11 is 0. The number of nitrogens with zero attached hydrogens (tertiary/aromatic N) is 5. The van der Waals surface area contributed by atoms with E-state index in [0.717, 1.165) is 54.5 Å². The molecule has 0 saturated carbocycles. The second kappa shape index (κ2) is 6.30. The van der Waals surface area contributed by atoms with Gasteiger partial charge in [-0.1, -0.05) is 6.07 Å². The Morgan fingerprint density at radius 2 is 2.00 bits per heavy atom. The Balaban J connectivity index is 1.54. The topological polar surface area (TPSA) is 63.9 Å². The molecular formula is C21H21N5O. The van der Waals surface area contributed by atoms with Gasteiger partial charge < -0.3 is 9.47 Å². The second-order valence-corrected chi connectivity index (χ2v) is 7.53. The van der Waals surface area contributed by atoms with Gasteiger partial charge in [-0.15, -0.1) is 0 Å². The van der Waals surface area contributed by atoms with E-state index in [-0.39, 0.29) is 5.56 Å². The third kappa shape index (κ3) is 2.91. The van der Waals surface area contributed by atoms with Crippen molar-refractivity contribution in [2.24, 2.45) is 5.92 Å². The minimum atomic E-state index is 0.0902. The molecule has 3 aromatic rings. The molecule has 2 bridgehead atoms. The molecule has 1 saturated heterocycles. The molecule has 1 fully saturated rings. The number of fused-ring (bicyclic) bond motifs is 4. The number of piperidine rings is 1. The maximum absolute atomic E-state index is 12.8. The van der Waals surface area contributed by atoms with Gasteiger partial charge in [0.1, 0.15) is 11.6 Å². The van der Waals surface area contributed by atoms with Crippen molar-refractivity contribution in [1.29, 1.82) is 0 Å². The van der Waals surface area contributed by atoms with E-state index < -0.39 is 0 Å². The lowest BCUT2D eigenvalue weighted by Crippen LogP contribution is -2.47. The van der Waals surface area contributed by atoms with Gasteiger partial charge in [0.25, 0.3) is 5.56 Å². The van der Waals surface area contributed by atoms with Crippen molar-refractivity contribution in [2.75, 3.05) is 18.0 Å². The van der Waals surface area contributed by atoms with E-state index in [4.69, 9.17) is 0 Å². The summed E-state index contributed by atoms with van der Waals surface area (Å²) in [5.74, 6) is 2.57. The molecule has 6 nitrogen and oxygen atoms in total. The van der Waals surface area contributed by atoms with Crippen LogP contribution in [-0.2, 0) is 6.54 Å². The molecule has 0 amide bonds. The highest BCUT2D eigenvalue weighted by molar-refractivity contribution is 5.62. The van der Waals surface area contributed by atoms with Gasteiger partial charge in [-0.25, -0.2) is 9.97 Å². The first-order chi connectivity index (χ1) is 13.2. The van der Waals surface area contributed by atoms with Crippen molar-refractivity contribution < 1.29 is 0 Å². The van der Waals surface area contributed by atoms with Crippen molar-refractivity contribution >= 4 is 5.82 Å². The van der Waals surface area contributed by atoms with Gasteiger partial charge in [0, 0.05) is 61.5 Å². The van der Waals surface area contributed by atoms with E-state index in [1.165, 1.54) is 0 Å². The van der Waals surface area contributed by atoms with Crippen LogP contribution in [0.1, 0.15) is 23.9 Å². The highest BCUT2D eigenvalue weighted by Crippen LogP contribution is 2.37. The molecule has 0 aromatic carbocycles. The highest BCUT2D eigenvalue weighted by Gasteiger charge is 2.35. The number of aryl methyl sites for hydroxylation is 1. The summed E-state index contributed by atoms with van der Waals surface area (Å²) in [5.41, 5.74) is 3.16. The molecule has 2 aliphatic rings. The van der Waals surface area contributed by atoms with Crippen LogP contribution < -0.4 is 10.5 Å². The summed E-state index contributed by atoms with van der Waals surface area (Å²) in [7, 11) is 0. The fourth-order valence-electron chi connectivity index (χ4n) is 4.47. The van der Waals surface area contributed by atoms with E-state index in [1.54, 1.807) is 12.3 Å². The lowest BCUT2D eigenvalue weighted by molar-refractivity contribution is 0.280. The van der Waals surface area contributed by atoms with E-state index in [2.05, 4.69) is 25.9 Å². The molecule has 2 atom stereocenters. The number of aromatic nitrogens is 4. The highest BCUT2D eigenvalue weighted by atomic mass is 16.1. The maximum atomic E-state index is 12.8. The first kappa shape index (κ1) is 16.2. The Kier molecular flexibility index (Phi) is 3.77. The largest absolute Gasteiger partial charge is 0.355 e. The average molecular weight is 359 g/mol. The molecule has 27 heavy (non-hydrogen) atoms. The number of hydrogen-bond acceptors (Lipinski definition) is 5. The Morgan fingerprint density at radius 1 is 1.07 bits per heavy atom. The lowest BCUT2D eigenvalue weighted by atomic mass is 9.82. The fraction of sp³-hybridized carbons (Fsp3) is 0.333. The zero-order valence-electron chi connectivity index (χ0n) is 15.2. The molecule has 0 N–H and O–H groups in total. The van der Waals surface area contributed by atoms with Crippen LogP contribution in [0.3, 0.4) is 0 Å². The molecule has 2 aliphatic heterocycles. The van der Waals surface area contributed by atoms with E-state index >= 15 is 0 Å². The monoisotopic (exact) mass is 359 g/mol. The Hall–Kier alpha value is -3.02. The summed E-state index contributed by atoms with van der Waals surface area (Å²) in [6.07, 6.45) is 6.51. The van der Waals surface area contributed by atoms with Crippen LogP contribution in [0.5, 0.6) is 0 Å². The quantitative estimate of drug-likeness (QED) is 0.704. The van der Waals surface area contributed by atoms with Crippen LogP contribution in [0, 0.1) is 12.8 Å². The Morgan fingerprint density at radius 3 is 2.81 bits per heavy atom. The molecule has 6 heteroatoms. The van der Waals surface area contributed by atoms with Crippen molar-refractivity contribution in [3.8, 4) is 11.1 Å². The second-order valence-electron chi connectivity index (χ2n) is 7.53. The molecule has 0 unspecified atom stereocenters. The van der Waals surface area contributed by atoms with Crippen LogP contribution in [0.25, 0.3) is 11.1 Å². The predicted molar refractivity (Wildman–Crippen MR) is 104 cm³/mol. The van der Waals surface area contributed by atoms with E-state index in [1.807, 2.05) is 42.1 Å². The van der Waals surface area contributed by atoms with Crippen LogP contribution in [-0.4, -0.2) is 32.6 Å². The van der Waals surface area contributed by atoms with Crippen LogP contribution in [0.15, 0.2) is 53.7 Å². The molecule has 0 spiro atoms. The third-order valence-electron chi connectivity index (χ3n) is 5.64. The molecule has 5 rings (SSSR count). The van der Waals surface area contributed by atoms with Crippen molar-refractivity contribution in [3.05, 3.63) is 70.8 Å². The zero-order chi connectivity index (χ0) is 18.4. The van der Waals surface area contributed by atoms with Gasteiger partial charge in [0.05, 0.1) is 0 Å². The SMILES string of the molecule is Cc1nccc(N2C[C@@H]3C[C@H](C2)c2cc(-c4cccnc4)cc(=O)n2C3)n1. The minimum absolute atomic E-state index is 0.0902. The summed E-state index contributed by atoms with van der Waals surface area (Å²) in [5, 5.41) is 0. The van der Waals surface area contributed by atoms with Crippen molar-refractivity contribution in [3.63, 3.8) is 0 Å². The van der Waals surface area contributed by atoms with Gasteiger partial charge in [-0.2, -0.15) is 0 Å². The minimum Gasteiger partial charge on any atom is -0.355 e. The van der Waals surface area contributed by atoms with Crippen molar-refractivity contribution in [1.82, 2.24) is 19.5 Å². The molecule has 0 aliphatic carbocycles. The van der Waals surface area contributed by atoms with Crippen LogP contribution >= 0.6 is 0 Å². The van der Waals surface area contributed by atoms with E-state index in [9.17, 15) is 4.79 Å². The van der Waals surface area contributed by atoms with E-state index in [0.29, 0.717) is 11.8 Å². The normalized spacial score (nSPS) is 21.0. The summed E-state index contributed by atoms with van der Waals surface area (Å²) < 4.78 is 1.97. The molecule has 136 valence electrons. The van der Waals surface area contributed by atoms with Gasteiger partial charge >= 0.3 is 0 Å². The maximum Gasteiger partial charge on any atom is 0.251 e. The van der Waals surface area contributed by atoms with Gasteiger partial charge in [-0.3, -0.25) is 9.78 Å². The molecule has 5 heterocycles.